The summed E-state index contributed by atoms with van der Waals surface area (Å²) in [6.45, 7) is 0. The number of nitrogens with zero attached hydrogens (tertiary/aromatic N) is 6. The fourth-order valence-electron chi connectivity index (χ4n) is 2.72. The Hall–Kier alpha value is -3.38. The highest BCUT2D eigenvalue weighted by Gasteiger charge is 2.37. The lowest BCUT2D eigenvalue weighted by molar-refractivity contribution is -0.141. The van der Waals surface area contributed by atoms with Gasteiger partial charge in [0.15, 0.2) is 16.9 Å². The van der Waals surface area contributed by atoms with Crippen molar-refractivity contribution in [3.63, 3.8) is 0 Å². The maximum Gasteiger partial charge on any atom is 0.352 e. The maximum atomic E-state index is 12.8. The highest BCUT2D eigenvalue weighted by molar-refractivity contribution is 8.00. The van der Waals surface area contributed by atoms with E-state index in [0.29, 0.717) is 10.7 Å². The molecule has 2 atom stereocenters. The summed E-state index contributed by atoms with van der Waals surface area (Å²) in [6.07, 6.45) is 0. The van der Waals surface area contributed by atoms with Crippen molar-refractivity contribution in [3.8, 4) is 0 Å². The molecular weight excluding hydrogens is 510 g/mol. The summed E-state index contributed by atoms with van der Waals surface area (Å²) in [5, 5.41) is 40.4. The van der Waals surface area contributed by atoms with Crippen LogP contribution in [-0.4, -0.2) is 89.0 Å². The second kappa shape index (κ2) is 11.2. The number of carbonyl (C=O) groups is 3. The summed E-state index contributed by atoms with van der Waals surface area (Å²) in [4.78, 5) is 45.3. The number of carboxylic acids is 2. The van der Waals surface area contributed by atoms with E-state index < -0.39 is 29.3 Å². The maximum absolute atomic E-state index is 12.8. The molecule has 3 heterocycles. The number of aliphatic carboxylic acids is 2. The summed E-state index contributed by atoms with van der Waals surface area (Å²) < 4.78 is 1.45. The molecule has 1 aliphatic heterocycles. The molecule has 1 amide bonds. The van der Waals surface area contributed by atoms with Gasteiger partial charge in [0.25, 0.3) is 5.91 Å². The van der Waals surface area contributed by atoms with Gasteiger partial charge in [0.05, 0.1) is 0 Å². The Morgan fingerprint density at radius 2 is 2.24 bits per heavy atom. The van der Waals surface area contributed by atoms with Crippen molar-refractivity contribution in [2.75, 3.05) is 24.3 Å². The van der Waals surface area contributed by atoms with E-state index in [1.165, 1.54) is 28.9 Å². The topological polar surface area (TPSA) is 220 Å². The number of aromatic nitrogens is 5. The number of oxime groups is 1. The molecule has 0 aliphatic carbocycles. The SMILES string of the molecule is CO/N=C(\C(=O)NC(C(=O)O)C1NC(C(=O)O)=C(CSc2nnnn2C)CS1)c1csc(N)n1. The van der Waals surface area contributed by atoms with Crippen LogP contribution < -0.4 is 16.4 Å². The van der Waals surface area contributed by atoms with E-state index >= 15 is 0 Å². The molecule has 0 spiro atoms. The highest BCUT2D eigenvalue weighted by atomic mass is 32.2. The van der Waals surface area contributed by atoms with Crippen LogP contribution in [-0.2, 0) is 26.3 Å². The van der Waals surface area contributed by atoms with Crippen molar-refractivity contribution in [2.24, 2.45) is 12.2 Å². The predicted octanol–water partition coefficient (Wildman–Crippen LogP) is -1.04. The number of anilines is 1. The Morgan fingerprint density at radius 1 is 1.47 bits per heavy atom. The molecule has 6 N–H and O–H groups in total. The van der Waals surface area contributed by atoms with Gasteiger partial charge in [0.1, 0.15) is 23.9 Å². The van der Waals surface area contributed by atoms with E-state index in [4.69, 9.17) is 5.73 Å². The molecule has 15 nitrogen and oxygen atoms in total. The van der Waals surface area contributed by atoms with Crippen LogP contribution in [0.2, 0.25) is 0 Å². The third-order valence-electron chi connectivity index (χ3n) is 4.27. The minimum absolute atomic E-state index is 0.110. The van der Waals surface area contributed by atoms with Crippen molar-refractivity contribution >= 4 is 63.5 Å². The Bertz CT molecular complexity index is 1150. The van der Waals surface area contributed by atoms with Gasteiger partial charge in [0, 0.05) is 23.9 Å². The number of carbonyl (C=O) groups excluding carboxylic acids is 1. The predicted molar refractivity (Wildman–Crippen MR) is 123 cm³/mol. The molecule has 2 aromatic rings. The molecule has 0 radical (unpaired) electrons. The van der Waals surface area contributed by atoms with Crippen LogP contribution in [0.4, 0.5) is 5.13 Å². The Balaban J connectivity index is 1.77. The van der Waals surface area contributed by atoms with E-state index in [0.717, 1.165) is 23.1 Å². The Kier molecular flexibility index (Phi) is 8.29. The zero-order chi connectivity index (χ0) is 24.8. The number of rotatable bonds is 10. The smallest absolute Gasteiger partial charge is 0.352 e. The third-order valence-corrected chi connectivity index (χ3v) is 7.30. The molecular formula is C16H19N9O6S3. The standard InChI is InChI=1S/C16H19N9O6S3/c1-25-16(21-23-24-25)34-4-6-3-32-12(20-8(6)13(27)28)10(14(29)30)19-11(26)9(22-31-2)7-5-33-15(17)18-7/h5,10,12,20H,3-4H2,1-2H3,(H2,17,18)(H,19,26)(H,27,28)(H,29,30)/b22-9-. The molecule has 1 aliphatic rings. The van der Waals surface area contributed by atoms with Crippen LogP contribution in [0.1, 0.15) is 5.69 Å². The first kappa shape index (κ1) is 25.2. The molecule has 34 heavy (non-hydrogen) atoms. The summed E-state index contributed by atoms with van der Waals surface area (Å²) in [7, 11) is 2.87. The van der Waals surface area contributed by atoms with Crippen LogP contribution >= 0.6 is 34.9 Å². The van der Waals surface area contributed by atoms with Crippen molar-refractivity contribution in [1.29, 1.82) is 0 Å². The number of amides is 1. The normalized spacial score (nSPS) is 17.1. The number of carboxylic acid groups (broad SMARTS) is 2. The van der Waals surface area contributed by atoms with Gasteiger partial charge in [-0.2, -0.15) is 0 Å². The van der Waals surface area contributed by atoms with Crippen LogP contribution in [0.5, 0.6) is 0 Å². The molecule has 0 saturated carbocycles. The molecule has 2 aromatic heterocycles. The quantitative estimate of drug-likeness (QED) is 0.141. The van der Waals surface area contributed by atoms with Gasteiger partial charge in [-0.3, -0.25) is 4.79 Å². The lowest BCUT2D eigenvalue weighted by Gasteiger charge is -2.31. The van der Waals surface area contributed by atoms with Gasteiger partial charge < -0.3 is 31.4 Å². The van der Waals surface area contributed by atoms with E-state index in [2.05, 4.69) is 41.1 Å². The fourth-order valence-corrected chi connectivity index (χ4v) is 5.47. The van der Waals surface area contributed by atoms with Crippen LogP contribution in [0.3, 0.4) is 0 Å². The first-order valence-corrected chi connectivity index (χ1v) is 12.2. The minimum Gasteiger partial charge on any atom is -0.480 e. The lowest BCUT2D eigenvalue weighted by atomic mass is 10.2. The number of hydrogen-bond donors (Lipinski definition) is 5. The number of tetrazole rings is 1. The van der Waals surface area contributed by atoms with Crippen molar-refractivity contribution in [2.45, 2.75) is 16.6 Å². The number of nitrogens with two attached hydrogens (primary N) is 1. The second-order valence-corrected chi connectivity index (χ2v) is 9.48. The first-order chi connectivity index (χ1) is 16.2. The van der Waals surface area contributed by atoms with Crippen LogP contribution in [0, 0.1) is 0 Å². The summed E-state index contributed by atoms with van der Waals surface area (Å²) in [5.41, 5.74) is 5.81. The van der Waals surface area contributed by atoms with Gasteiger partial charge in [-0.1, -0.05) is 16.9 Å². The number of hydrogen-bond acceptors (Lipinski definition) is 14. The average molecular weight is 530 g/mol. The molecule has 18 heteroatoms. The minimum atomic E-state index is -1.50. The fraction of sp³-hybridized carbons (Fsp3) is 0.375. The van der Waals surface area contributed by atoms with Crippen molar-refractivity contribution < 1.29 is 29.4 Å². The van der Waals surface area contributed by atoms with Gasteiger partial charge >= 0.3 is 11.9 Å². The number of thiazole rings is 1. The van der Waals surface area contributed by atoms with E-state index in [9.17, 15) is 24.6 Å². The lowest BCUT2D eigenvalue weighted by Crippen LogP contribution is -2.56. The Morgan fingerprint density at radius 3 is 2.79 bits per heavy atom. The van der Waals surface area contributed by atoms with E-state index in [1.807, 2.05) is 0 Å². The summed E-state index contributed by atoms with van der Waals surface area (Å²) in [6, 6.07) is -1.50. The molecule has 0 saturated heterocycles. The molecule has 0 fully saturated rings. The molecule has 2 unspecified atom stereocenters. The number of aryl methyl sites for hydroxylation is 1. The number of nitrogens with one attached hydrogen (secondary N) is 2. The highest BCUT2D eigenvalue weighted by Crippen LogP contribution is 2.29. The first-order valence-electron chi connectivity index (χ1n) is 9.26. The van der Waals surface area contributed by atoms with Crippen molar-refractivity contribution in [3.05, 3.63) is 22.3 Å². The summed E-state index contributed by atoms with van der Waals surface area (Å²) in [5.74, 6) is -3.03. The number of thioether (sulfide) groups is 2. The van der Waals surface area contributed by atoms with E-state index in [-0.39, 0.29) is 33.7 Å². The zero-order valence-electron chi connectivity index (χ0n) is 17.7. The Labute approximate surface area is 204 Å². The molecule has 182 valence electrons. The summed E-state index contributed by atoms with van der Waals surface area (Å²) >= 11 is 3.44. The number of nitrogen functional groups attached to an aromatic ring is 1. The largest absolute Gasteiger partial charge is 0.480 e. The van der Waals surface area contributed by atoms with Crippen LogP contribution in [0.25, 0.3) is 0 Å². The zero-order valence-corrected chi connectivity index (χ0v) is 20.1. The van der Waals surface area contributed by atoms with E-state index in [1.54, 1.807) is 7.05 Å². The third kappa shape index (κ3) is 5.94. The second-order valence-electron chi connectivity index (χ2n) is 6.52. The van der Waals surface area contributed by atoms with Gasteiger partial charge in [-0.15, -0.1) is 28.2 Å². The monoisotopic (exact) mass is 529 g/mol. The van der Waals surface area contributed by atoms with Crippen LogP contribution in [0.15, 0.2) is 27.0 Å². The van der Waals surface area contributed by atoms with Crippen molar-refractivity contribution in [1.82, 2.24) is 35.8 Å². The van der Waals surface area contributed by atoms with Gasteiger partial charge in [0.2, 0.25) is 5.16 Å². The molecule has 0 aromatic carbocycles. The molecule has 0 bridgehead atoms. The average Bonchev–Trinajstić information content (AvgIpc) is 3.41. The van der Waals surface area contributed by atoms with Gasteiger partial charge in [-0.25, -0.2) is 19.3 Å². The van der Waals surface area contributed by atoms with Gasteiger partial charge in [-0.05, 0) is 16.0 Å². The molecule has 3 rings (SSSR count).